The van der Waals surface area contributed by atoms with Gasteiger partial charge in [0.05, 0.1) is 16.6 Å². The minimum atomic E-state index is -0.966. The summed E-state index contributed by atoms with van der Waals surface area (Å²) in [7, 11) is 0. The average Bonchev–Trinajstić information content (AvgIpc) is 3.04. The van der Waals surface area contributed by atoms with Crippen molar-refractivity contribution in [3.63, 3.8) is 0 Å². The highest BCUT2D eigenvalue weighted by Gasteiger charge is 2.10. The number of nitrogens with zero attached hydrogens (tertiary/aromatic N) is 4. The molecule has 0 aliphatic carbocycles. The summed E-state index contributed by atoms with van der Waals surface area (Å²) >= 11 is 0. The van der Waals surface area contributed by atoms with Crippen LogP contribution in [0.1, 0.15) is 21.6 Å². The number of carboxylic acid groups (broad SMARTS) is 1. The number of hydrogen-bond acceptors (Lipinski definition) is 5. The highest BCUT2D eigenvalue weighted by Crippen LogP contribution is 2.24. The molecule has 4 aromatic rings. The number of hydrogen-bond donors (Lipinski definition) is 2. The first-order valence-electron chi connectivity index (χ1n) is 8.39. The summed E-state index contributed by atoms with van der Waals surface area (Å²) < 4.78 is 1.93. The van der Waals surface area contributed by atoms with E-state index in [1.807, 2.05) is 42.7 Å². The second kappa shape index (κ2) is 6.53. The maximum atomic E-state index is 11.2. The summed E-state index contributed by atoms with van der Waals surface area (Å²) in [5.74, 6) is -0.431. The summed E-state index contributed by atoms with van der Waals surface area (Å²) in [6, 6.07) is 12.8. The number of benzene rings is 2. The van der Waals surface area contributed by atoms with Gasteiger partial charge >= 0.3 is 5.97 Å². The molecular weight excluding hydrogens is 342 g/mol. The SMILES string of the molecule is Cc1cc(Nc2nccc(C)n2)cc(-n2cnc3cc(C(=O)O)ccc32)c1. The van der Waals surface area contributed by atoms with Gasteiger partial charge < -0.3 is 10.4 Å². The van der Waals surface area contributed by atoms with Gasteiger partial charge in [0, 0.05) is 23.3 Å². The van der Waals surface area contributed by atoms with E-state index in [2.05, 4.69) is 20.3 Å². The molecule has 2 N–H and O–H groups in total. The van der Waals surface area contributed by atoms with Crippen LogP contribution in [0, 0.1) is 13.8 Å². The molecule has 0 aliphatic rings. The summed E-state index contributed by atoms with van der Waals surface area (Å²) in [5, 5.41) is 12.4. The van der Waals surface area contributed by atoms with Gasteiger partial charge in [-0.3, -0.25) is 4.57 Å². The smallest absolute Gasteiger partial charge is 0.335 e. The maximum absolute atomic E-state index is 11.2. The molecule has 134 valence electrons. The Hall–Kier alpha value is -3.74. The lowest BCUT2D eigenvalue weighted by atomic mass is 10.1. The van der Waals surface area contributed by atoms with E-state index in [0.29, 0.717) is 11.5 Å². The Labute approximate surface area is 155 Å². The van der Waals surface area contributed by atoms with Gasteiger partial charge in [-0.05, 0) is 61.9 Å². The molecule has 27 heavy (non-hydrogen) atoms. The fourth-order valence-corrected chi connectivity index (χ4v) is 2.96. The summed E-state index contributed by atoms with van der Waals surface area (Å²) in [6.07, 6.45) is 3.41. The fraction of sp³-hybridized carbons (Fsp3) is 0.100. The standard InChI is InChI=1S/C20H17N5O2/c1-12-7-15(24-20-21-6-5-13(2)23-20)10-16(8-12)25-11-22-17-9-14(19(26)27)3-4-18(17)25/h3-11H,1-2H3,(H,26,27)(H,21,23,24). The van der Waals surface area contributed by atoms with Crippen LogP contribution >= 0.6 is 0 Å². The number of aryl methyl sites for hydroxylation is 2. The third kappa shape index (κ3) is 3.35. The molecule has 2 heterocycles. The van der Waals surface area contributed by atoms with E-state index in [4.69, 9.17) is 5.11 Å². The second-order valence-corrected chi connectivity index (χ2v) is 6.33. The first-order chi connectivity index (χ1) is 13.0. The van der Waals surface area contributed by atoms with E-state index >= 15 is 0 Å². The summed E-state index contributed by atoms with van der Waals surface area (Å²) in [5.41, 5.74) is 5.41. The molecule has 0 fully saturated rings. The molecule has 0 saturated carbocycles. The van der Waals surface area contributed by atoms with Crippen molar-refractivity contribution in [2.75, 3.05) is 5.32 Å². The molecule has 2 aromatic heterocycles. The largest absolute Gasteiger partial charge is 0.478 e. The van der Waals surface area contributed by atoms with Crippen LogP contribution in [0.4, 0.5) is 11.6 Å². The maximum Gasteiger partial charge on any atom is 0.335 e. The lowest BCUT2D eigenvalue weighted by Gasteiger charge is -2.11. The van der Waals surface area contributed by atoms with Gasteiger partial charge in [0.1, 0.15) is 6.33 Å². The van der Waals surface area contributed by atoms with Gasteiger partial charge in [-0.25, -0.2) is 19.7 Å². The van der Waals surface area contributed by atoms with Gasteiger partial charge in [-0.2, -0.15) is 0 Å². The molecule has 0 saturated heterocycles. The fourth-order valence-electron chi connectivity index (χ4n) is 2.96. The van der Waals surface area contributed by atoms with Gasteiger partial charge in [0.2, 0.25) is 5.95 Å². The van der Waals surface area contributed by atoms with Gasteiger partial charge in [0.25, 0.3) is 0 Å². The van der Waals surface area contributed by atoms with Crippen LogP contribution in [0.2, 0.25) is 0 Å². The van der Waals surface area contributed by atoms with Crippen LogP contribution < -0.4 is 5.32 Å². The first kappa shape index (κ1) is 16.7. The lowest BCUT2D eigenvalue weighted by Crippen LogP contribution is -2.00. The number of nitrogens with one attached hydrogen (secondary N) is 1. The highest BCUT2D eigenvalue weighted by atomic mass is 16.4. The Morgan fingerprint density at radius 3 is 2.70 bits per heavy atom. The van der Waals surface area contributed by atoms with Crippen LogP contribution in [0.5, 0.6) is 0 Å². The number of aromatic carboxylic acids is 1. The number of anilines is 2. The van der Waals surface area contributed by atoms with Crippen LogP contribution in [0.25, 0.3) is 16.7 Å². The average molecular weight is 359 g/mol. The Morgan fingerprint density at radius 2 is 1.93 bits per heavy atom. The van der Waals surface area contributed by atoms with Gasteiger partial charge in [-0.1, -0.05) is 0 Å². The third-order valence-corrected chi connectivity index (χ3v) is 4.19. The molecule has 0 radical (unpaired) electrons. The zero-order valence-electron chi connectivity index (χ0n) is 14.8. The highest BCUT2D eigenvalue weighted by molar-refractivity contribution is 5.92. The van der Waals surface area contributed by atoms with E-state index in [0.717, 1.165) is 28.1 Å². The number of carboxylic acids is 1. The van der Waals surface area contributed by atoms with Gasteiger partial charge in [0.15, 0.2) is 0 Å². The molecule has 7 nitrogen and oxygen atoms in total. The van der Waals surface area contributed by atoms with E-state index in [1.165, 1.54) is 0 Å². The Kier molecular flexibility index (Phi) is 4.04. The normalized spacial score (nSPS) is 10.9. The molecule has 2 aromatic carbocycles. The van der Waals surface area contributed by atoms with Crippen LogP contribution in [0.15, 0.2) is 55.0 Å². The number of fused-ring (bicyclic) bond motifs is 1. The predicted molar refractivity (Wildman–Crippen MR) is 103 cm³/mol. The van der Waals surface area contributed by atoms with E-state index < -0.39 is 5.97 Å². The molecule has 0 spiro atoms. The van der Waals surface area contributed by atoms with Crippen molar-refractivity contribution in [3.8, 4) is 5.69 Å². The van der Waals surface area contributed by atoms with Gasteiger partial charge in [-0.15, -0.1) is 0 Å². The molecule has 0 unspecified atom stereocenters. The Balaban J connectivity index is 1.75. The van der Waals surface area contributed by atoms with Crippen LogP contribution in [0.3, 0.4) is 0 Å². The van der Waals surface area contributed by atoms with Crippen molar-refractivity contribution in [1.82, 2.24) is 19.5 Å². The topological polar surface area (TPSA) is 92.9 Å². The van der Waals surface area contributed by atoms with Crippen LogP contribution in [-0.4, -0.2) is 30.6 Å². The zero-order chi connectivity index (χ0) is 19.0. The van der Waals surface area contributed by atoms with Crippen molar-refractivity contribution >= 4 is 28.6 Å². The number of imidazole rings is 1. The summed E-state index contributed by atoms with van der Waals surface area (Å²) in [6.45, 7) is 3.92. The molecule has 7 heteroatoms. The zero-order valence-corrected chi connectivity index (χ0v) is 14.8. The molecule has 0 amide bonds. The van der Waals surface area contributed by atoms with E-state index in [1.54, 1.807) is 30.7 Å². The molecule has 0 bridgehead atoms. The molecule has 0 atom stereocenters. The quantitative estimate of drug-likeness (QED) is 0.574. The number of carbonyl (C=O) groups is 1. The Bertz CT molecular complexity index is 1170. The monoisotopic (exact) mass is 359 g/mol. The van der Waals surface area contributed by atoms with Crippen LogP contribution in [-0.2, 0) is 0 Å². The molecule has 4 rings (SSSR count). The van der Waals surface area contributed by atoms with Crippen molar-refractivity contribution in [2.45, 2.75) is 13.8 Å². The van der Waals surface area contributed by atoms with Crippen molar-refractivity contribution in [3.05, 3.63) is 71.8 Å². The second-order valence-electron chi connectivity index (χ2n) is 6.33. The first-order valence-corrected chi connectivity index (χ1v) is 8.39. The van der Waals surface area contributed by atoms with Crippen molar-refractivity contribution in [2.24, 2.45) is 0 Å². The minimum Gasteiger partial charge on any atom is -0.478 e. The molecule has 0 aliphatic heterocycles. The predicted octanol–water partition coefficient (Wildman–Crippen LogP) is 3.87. The number of rotatable bonds is 4. The van der Waals surface area contributed by atoms with Crippen molar-refractivity contribution < 1.29 is 9.90 Å². The van der Waals surface area contributed by atoms with Crippen molar-refractivity contribution in [1.29, 1.82) is 0 Å². The van der Waals surface area contributed by atoms with E-state index in [-0.39, 0.29) is 5.56 Å². The summed E-state index contributed by atoms with van der Waals surface area (Å²) in [4.78, 5) is 24.1. The van der Waals surface area contributed by atoms with E-state index in [9.17, 15) is 4.79 Å². The number of aromatic nitrogens is 4. The lowest BCUT2D eigenvalue weighted by molar-refractivity contribution is 0.0697. The Morgan fingerprint density at radius 1 is 1.07 bits per heavy atom. The molecular formula is C20H17N5O2. The third-order valence-electron chi connectivity index (χ3n) is 4.19. The minimum absolute atomic E-state index is 0.218.